The molecule has 0 radical (unpaired) electrons. The van der Waals surface area contributed by atoms with Crippen molar-refractivity contribution >= 4 is 0 Å². The van der Waals surface area contributed by atoms with Gasteiger partial charge in [-0.3, -0.25) is 0 Å². The summed E-state index contributed by atoms with van der Waals surface area (Å²) in [5.74, 6) is 0.835. The monoisotopic (exact) mass is 220 g/mol. The van der Waals surface area contributed by atoms with E-state index in [4.69, 9.17) is 5.73 Å². The Labute approximate surface area is 92.9 Å². The summed E-state index contributed by atoms with van der Waals surface area (Å²) in [6.07, 6.45) is 0. The Kier molecular flexibility index (Phi) is 2.70. The van der Waals surface area contributed by atoms with Crippen LogP contribution in [0.15, 0.2) is 18.2 Å². The maximum atomic E-state index is 13.6. The van der Waals surface area contributed by atoms with Crippen molar-refractivity contribution in [3.63, 3.8) is 0 Å². The Hall–Kier alpha value is -1.75. The molecule has 0 spiro atoms. The normalized spacial score (nSPS) is 10.8. The van der Waals surface area contributed by atoms with Gasteiger partial charge in [-0.05, 0) is 19.1 Å². The lowest BCUT2D eigenvalue weighted by atomic mass is 10.1. The molecule has 0 unspecified atom stereocenters. The zero-order chi connectivity index (χ0) is 11.7. The standard InChI is InChI=1S/C11H13FN4/c1-7-3-4-9(12)8(5-7)11-15-14-10(6-13)16(11)2/h3-5H,6,13H2,1-2H3. The molecule has 0 atom stereocenters. The Morgan fingerprint density at radius 2 is 2.12 bits per heavy atom. The van der Waals surface area contributed by atoms with Gasteiger partial charge in [0.15, 0.2) is 5.82 Å². The van der Waals surface area contributed by atoms with Gasteiger partial charge in [-0.1, -0.05) is 11.6 Å². The van der Waals surface area contributed by atoms with Gasteiger partial charge in [0.25, 0.3) is 0 Å². The van der Waals surface area contributed by atoms with Crippen LogP contribution in [-0.2, 0) is 13.6 Å². The average molecular weight is 220 g/mol. The third-order valence-corrected chi connectivity index (χ3v) is 2.51. The molecule has 84 valence electrons. The topological polar surface area (TPSA) is 56.7 Å². The molecule has 1 aromatic heterocycles. The van der Waals surface area contributed by atoms with E-state index in [1.807, 2.05) is 6.92 Å². The molecule has 2 rings (SSSR count). The predicted octanol–water partition coefficient (Wildman–Crippen LogP) is 1.39. The predicted molar refractivity (Wildman–Crippen MR) is 59.0 cm³/mol. The van der Waals surface area contributed by atoms with Crippen molar-refractivity contribution in [1.82, 2.24) is 14.8 Å². The summed E-state index contributed by atoms with van der Waals surface area (Å²) in [4.78, 5) is 0. The van der Waals surface area contributed by atoms with E-state index in [9.17, 15) is 4.39 Å². The van der Waals surface area contributed by atoms with E-state index in [1.54, 1.807) is 23.7 Å². The lowest BCUT2D eigenvalue weighted by molar-refractivity contribution is 0.628. The number of benzene rings is 1. The van der Waals surface area contributed by atoms with Crippen molar-refractivity contribution in [2.75, 3.05) is 0 Å². The van der Waals surface area contributed by atoms with Crippen molar-refractivity contribution in [2.45, 2.75) is 13.5 Å². The lowest BCUT2D eigenvalue weighted by Gasteiger charge is -2.04. The Balaban J connectivity index is 2.58. The summed E-state index contributed by atoms with van der Waals surface area (Å²) in [6, 6.07) is 4.90. The van der Waals surface area contributed by atoms with Gasteiger partial charge in [-0.15, -0.1) is 10.2 Å². The van der Waals surface area contributed by atoms with E-state index in [0.29, 0.717) is 17.2 Å². The maximum Gasteiger partial charge on any atom is 0.166 e. The summed E-state index contributed by atoms with van der Waals surface area (Å²) in [7, 11) is 1.78. The van der Waals surface area contributed by atoms with E-state index in [1.165, 1.54) is 6.07 Å². The molecule has 16 heavy (non-hydrogen) atoms. The van der Waals surface area contributed by atoms with E-state index in [2.05, 4.69) is 10.2 Å². The number of halogens is 1. The minimum Gasteiger partial charge on any atom is -0.324 e. The maximum absolute atomic E-state index is 13.6. The van der Waals surface area contributed by atoms with Crippen LogP contribution >= 0.6 is 0 Å². The third-order valence-electron chi connectivity index (χ3n) is 2.51. The highest BCUT2D eigenvalue weighted by Crippen LogP contribution is 2.22. The van der Waals surface area contributed by atoms with Crippen LogP contribution in [0.3, 0.4) is 0 Å². The van der Waals surface area contributed by atoms with Gasteiger partial charge >= 0.3 is 0 Å². The fourth-order valence-electron chi connectivity index (χ4n) is 1.58. The van der Waals surface area contributed by atoms with Gasteiger partial charge in [0.05, 0.1) is 12.1 Å². The molecule has 0 saturated heterocycles. The molecule has 4 nitrogen and oxygen atoms in total. The largest absolute Gasteiger partial charge is 0.324 e. The first-order valence-electron chi connectivity index (χ1n) is 4.98. The minimum absolute atomic E-state index is 0.289. The van der Waals surface area contributed by atoms with Crippen LogP contribution in [0.5, 0.6) is 0 Å². The first-order chi connectivity index (χ1) is 7.63. The van der Waals surface area contributed by atoms with Crippen molar-refractivity contribution in [2.24, 2.45) is 12.8 Å². The van der Waals surface area contributed by atoms with Crippen LogP contribution in [0, 0.1) is 12.7 Å². The molecular formula is C11H13FN4. The molecule has 0 aliphatic carbocycles. The molecule has 1 heterocycles. The zero-order valence-electron chi connectivity index (χ0n) is 9.24. The molecule has 0 fully saturated rings. The lowest BCUT2D eigenvalue weighted by Crippen LogP contribution is -2.05. The van der Waals surface area contributed by atoms with Gasteiger partial charge in [0, 0.05) is 7.05 Å². The molecule has 0 aliphatic heterocycles. The minimum atomic E-state index is -0.301. The number of aryl methyl sites for hydroxylation is 1. The molecule has 0 aliphatic rings. The number of hydrogen-bond donors (Lipinski definition) is 1. The highest BCUT2D eigenvalue weighted by atomic mass is 19.1. The first kappa shape index (κ1) is 10.8. The van der Waals surface area contributed by atoms with Gasteiger partial charge in [-0.25, -0.2) is 4.39 Å². The smallest absolute Gasteiger partial charge is 0.166 e. The molecule has 2 aromatic rings. The second-order valence-electron chi connectivity index (χ2n) is 3.69. The first-order valence-corrected chi connectivity index (χ1v) is 4.98. The molecule has 5 heteroatoms. The molecule has 1 aromatic carbocycles. The number of hydrogen-bond acceptors (Lipinski definition) is 3. The summed E-state index contributed by atoms with van der Waals surface area (Å²) >= 11 is 0. The molecule has 2 N–H and O–H groups in total. The van der Waals surface area contributed by atoms with Crippen LogP contribution in [0.1, 0.15) is 11.4 Å². The summed E-state index contributed by atoms with van der Waals surface area (Å²) in [5, 5.41) is 7.85. The van der Waals surface area contributed by atoms with E-state index in [0.717, 1.165) is 5.56 Å². The fraction of sp³-hybridized carbons (Fsp3) is 0.273. The Morgan fingerprint density at radius 1 is 1.38 bits per heavy atom. The molecular weight excluding hydrogens is 207 g/mol. The van der Waals surface area contributed by atoms with Gasteiger partial charge in [0.2, 0.25) is 0 Å². The third kappa shape index (κ3) is 1.69. The number of rotatable bonds is 2. The summed E-state index contributed by atoms with van der Waals surface area (Å²) in [6.45, 7) is 2.19. The van der Waals surface area contributed by atoms with Crippen LogP contribution in [-0.4, -0.2) is 14.8 Å². The number of nitrogens with zero attached hydrogens (tertiary/aromatic N) is 3. The molecule has 0 amide bonds. The van der Waals surface area contributed by atoms with Gasteiger partial charge < -0.3 is 10.3 Å². The molecule has 0 saturated carbocycles. The number of nitrogens with two attached hydrogens (primary N) is 1. The second kappa shape index (κ2) is 4.02. The highest BCUT2D eigenvalue weighted by molar-refractivity contribution is 5.57. The fourth-order valence-corrected chi connectivity index (χ4v) is 1.58. The van der Waals surface area contributed by atoms with E-state index >= 15 is 0 Å². The Bertz CT molecular complexity index is 519. The second-order valence-corrected chi connectivity index (χ2v) is 3.69. The quantitative estimate of drug-likeness (QED) is 0.832. The van der Waals surface area contributed by atoms with Crippen LogP contribution in [0.2, 0.25) is 0 Å². The van der Waals surface area contributed by atoms with Gasteiger partial charge in [0.1, 0.15) is 11.6 Å². The van der Waals surface area contributed by atoms with Crippen molar-refractivity contribution < 1.29 is 4.39 Å². The number of aromatic nitrogens is 3. The van der Waals surface area contributed by atoms with Crippen molar-refractivity contribution in [3.8, 4) is 11.4 Å². The Morgan fingerprint density at radius 3 is 2.75 bits per heavy atom. The van der Waals surface area contributed by atoms with Crippen molar-refractivity contribution in [3.05, 3.63) is 35.4 Å². The SMILES string of the molecule is Cc1ccc(F)c(-c2nnc(CN)n2C)c1. The van der Waals surface area contributed by atoms with Gasteiger partial charge in [-0.2, -0.15) is 0 Å². The average Bonchev–Trinajstić information content (AvgIpc) is 2.63. The van der Waals surface area contributed by atoms with Crippen LogP contribution in [0.4, 0.5) is 4.39 Å². The highest BCUT2D eigenvalue weighted by Gasteiger charge is 2.13. The van der Waals surface area contributed by atoms with E-state index < -0.39 is 0 Å². The van der Waals surface area contributed by atoms with Crippen LogP contribution in [0.25, 0.3) is 11.4 Å². The summed E-state index contributed by atoms with van der Waals surface area (Å²) < 4.78 is 15.3. The summed E-state index contributed by atoms with van der Waals surface area (Å²) in [5.41, 5.74) is 6.93. The van der Waals surface area contributed by atoms with E-state index in [-0.39, 0.29) is 12.4 Å². The van der Waals surface area contributed by atoms with Crippen molar-refractivity contribution in [1.29, 1.82) is 0 Å². The zero-order valence-corrected chi connectivity index (χ0v) is 9.24. The van der Waals surface area contributed by atoms with Crippen LogP contribution < -0.4 is 5.73 Å². The molecule has 0 bridgehead atoms.